The van der Waals surface area contributed by atoms with Gasteiger partial charge in [0.1, 0.15) is 11.6 Å². The Balaban J connectivity index is 0.000000297. The molecule has 5 aromatic rings. The summed E-state index contributed by atoms with van der Waals surface area (Å²) in [6, 6.07) is 20.4. The minimum absolute atomic E-state index is 0. The van der Waals surface area contributed by atoms with Gasteiger partial charge in [0.15, 0.2) is 5.78 Å². The van der Waals surface area contributed by atoms with Crippen LogP contribution in [0.5, 0.6) is 0 Å². The van der Waals surface area contributed by atoms with Gasteiger partial charge < -0.3 is 10.1 Å². The number of carbonyl (C=O) groups excluding carboxylic acids is 1. The van der Waals surface area contributed by atoms with E-state index in [9.17, 15) is 9.90 Å². The van der Waals surface area contributed by atoms with Crippen molar-refractivity contribution in [1.29, 1.82) is 0 Å². The zero-order valence-corrected chi connectivity index (χ0v) is 28.6. The third kappa shape index (κ3) is 6.94. The number of aliphatic hydroxyl groups excluding tert-OH is 1. The monoisotopic (exact) mass is 739 g/mol. The summed E-state index contributed by atoms with van der Waals surface area (Å²) in [5.74, 6) is 0.864. The van der Waals surface area contributed by atoms with Gasteiger partial charge in [-0.1, -0.05) is 97.9 Å². The normalized spacial score (nSPS) is 12.2. The summed E-state index contributed by atoms with van der Waals surface area (Å²) in [4.78, 5) is 25.7. The fourth-order valence-corrected chi connectivity index (χ4v) is 4.73. The van der Waals surface area contributed by atoms with Crippen molar-refractivity contribution < 1.29 is 30.0 Å². The van der Waals surface area contributed by atoms with Crippen molar-refractivity contribution in [3.8, 4) is 11.3 Å². The van der Waals surface area contributed by atoms with Crippen LogP contribution in [-0.4, -0.2) is 25.8 Å². The molecule has 221 valence electrons. The summed E-state index contributed by atoms with van der Waals surface area (Å²) in [5, 5.41) is 15.5. The standard InChI is InChI=1S/C25H20N3.C11H20O2.Ir/c1-14-13-18-7-5-6-8-20(18)21-11-12-22-24(19-10-9-15(2)26-16(19)3)27-17(4)28-25(22)23(14)21;1-10(2,3)8(12)7-9(13)11(4,5)6;/h5-9,11-13H,1-4H3;7,12H,1-6H3;/q-1;;/b;8-7-;. The Morgan fingerprint density at radius 3 is 2.10 bits per heavy atom. The molecule has 6 heteroatoms. The number of pyridine rings is 1. The SMILES string of the molecule is CC(C)(C)C(=O)/C=C(\O)C(C)(C)C.Cc1c[c-]c(-c2nc(C)nc3c2ccc2c4ccccc4cc(C)c23)c(C)n1.[Ir]. The van der Waals surface area contributed by atoms with Crippen LogP contribution in [0.3, 0.4) is 0 Å². The van der Waals surface area contributed by atoms with Crippen LogP contribution in [0.25, 0.3) is 43.7 Å². The molecule has 0 saturated carbocycles. The molecule has 1 N–H and O–H groups in total. The second-order valence-corrected chi connectivity index (χ2v) is 12.8. The average molecular weight is 739 g/mol. The summed E-state index contributed by atoms with van der Waals surface area (Å²) < 4.78 is 0. The van der Waals surface area contributed by atoms with E-state index >= 15 is 0 Å². The Morgan fingerprint density at radius 2 is 1.48 bits per heavy atom. The maximum Gasteiger partial charge on any atom is 0.164 e. The van der Waals surface area contributed by atoms with Crippen molar-refractivity contribution in [3.05, 3.63) is 89.2 Å². The Hall–Kier alpha value is -3.47. The Bertz CT molecular complexity index is 1830. The number of aryl methyl sites for hydroxylation is 4. The molecule has 0 atom stereocenters. The number of hydrogen-bond donors (Lipinski definition) is 1. The molecule has 0 saturated heterocycles. The Morgan fingerprint density at radius 1 is 0.833 bits per heavy atom. The van der Waals surface area contributed by atoms with Crippen molar-refractivity contribution in [2.75, 3.05) is 0 Å². The predicted molar refractivity (Wildman–Crippen MR) is 170 cm³/mol. The topological polar surface area (TPSA) is 76.0 Å². The number of allylic oxidation sites excluding steroid dienone is 2. The maximum absolute atomic E-state index is 11.5. The third-order valence-corrected chi connectivity index (χ3v) is 7.14. The van der Waals surface area contributed by atoms with Crippen LogP contribution in [0.4, 0.5) is 0 Å². The Kier molecular flexibility index (Phi) is 9.76. The van der Waals surface area contributed by atoms with Gasteiger partial charge in [0.2, 0.25) is 0 Å². The molecule has 42 heavy (non-hydrogen) atoms. The molecule has 0 aliphatic rings. The minimum Gasteiger partial charge on any atom is -0.512 e. The zero-order chi connectivity index (χ0) is 30.3. The van der Waals surface area contributed by atoms with Crippen LogP contribution in [-0.2, 0) is 24.9 Å². The number of aliphatic hydroxyl groups is 1. The molecule has 0 unspecified atom stereocenters. The number of carbonyl (C=O) groups is 1. The summed E-state index contributed by atoms with van der Waals surface area (Å²) in [6.45, 7) is 19.2. The number of hydrogen-bond acceptors (Lipinski definition) is 5. The van der Waals surface area contributed by atoms with Gasteiger partial charge in [0, 0.05) is 48.1 Å². The van der Waals surface area contributed by atoms with E-state index in [-0.39, 0.29) is 37.1 Å². The number of aromatic nitrogens is 3. The molecule has 2 heterocycles. The van der Waals surface area contributed by atoms with Crippen molar-refractivity contribution in [2.45, 2.75) is 69.2 Å². The van der Waals surface area contributed by atoms with Gasteiger partial charge in [-0.3, -0.25) is 9.78 Å². The van der Waals surface area contributed by atoms with Crippen molar-refractivity contribution in [1.82, 2.24) is 15.0 Å². The molecule has 0 bridgehead atoms. The molecule has 3 aromatic carbocycles. The minimum atomic E-state index is -0.417. The molecule has 0 fully saturated rings. The van der Waals surface area contributed by atoms with Crippen molar-refractivity contribution in [3.63, 3.8) is 0 Å². The second kappa shape index (κ2) is 12.4. The van der Waals surface area contributed by atoms with Crippen LogP contribution < -0.4 is 0 Å². The molecule has 5 rings (SSSR count). The van der Waals surface area contributed by atoms with E-state index in [0.717, 1.165) is 39.4 Å². The number of nitrogens with zero attached hydrogens (tertiary/aromatic N) is 3. The first-order valence-corrected chi connectivity index (χ1v) is 14.0. The van der Waals surface area contributed by atoms with E-state index in [2.05, 4.69) is 60.4 Å². The van der Waals surface area contributed by atoms with Crippen LogP contribution in [0.1, 0.15) is 64.3 Å². The van der Waals surface area contributed by atoms with E-state index in [1.807, 2.05) is 68.4 Å². The quantitative estimate of drug-likeness (QED) is 0.0847. The average Bonchev–Trinajstić information content (AvgIpc) is 2.87. The van der Waals surface area contributed by atoms with Gasteiger partial charge in [-0.25, -0.2) is 4.98 Å². The molecule has 1 radical (unpaired) electrons. The summed E-state index contributed by atoms with van der Waals surface area (Å²) in [7, 11) is 0. The van der Waals surface area contributed by atoms with Gasteiger partial charge in [-0.05, 0) is 52.3 Å². The maximum atomic E-state index is 11.5. The first-order valence-electron chi connectivity index (χ1n) is 14.0. The van der Waals surface area contributed by atoms with Crippen LogP contribution in [0.15, 0.2) is 60.4 Å². The van der Waals surface area contributed by atoms with Crippen molar-refractivity contribution >= 4 is 38.2 Å². The zero-order valence-electron chi connectivity index (χ0n) is 26.2. The van der Waals surface area contributed by atoms with E-state index in [1.165, 1.54) is 33.2 Å². The van der Waals surface area contributed by atoms with E-state index in [1.54, 1.807) is 0 Å². The Labute approximate surface area is 262 Å². The molecule has 0 spiro atoms. The van der Waals surface area contributed by atoms with Gasteiger partial charge in [0.05, 0.1) is 5.52 Å². The molecule has 0 amide bonds. The smallest absolute Gasteiger partial charge is 0.164 e. The third-order valence-electron chi connectivity index (χ3n) is 7.14. The molecule has 0 aliphatic carbocycles. The number of rotatable bonds is 2. The van der Waals surface area contributed by atoms with Crippen molar-refractivity contribution in [2.24, 2.45) is 10.8 Å². The molecule has 5 nitrogen and oxygen atoms in total. The van der Waals surface area contributed by atoms with E-state index < -0.39 is 5.41 Å². The molecular formula is C36H40IrN3O2-. The van der Waals surface area contributed by atoms with Gasteiger partial charge in [-0.2, -0.15) is 0 Å². The fourth-order valence-electron chi connectivity index (χ4n) is 4.73. The summed E-state index contributed by atoms with van der Waals surface area (Å²) in [6.07, 6.45) is 1.33. The van der Waals surface area contributed by atoms with Gasteiger partial charge >= 0.3 is 0 Å². The van der Waals surface area contributed by atoms with Crippen LogP contribution in [0.2, 0.25) is 0 Å². The number of fused-ring (bicyclic) bond motifs is 5. The first kappa shape index (κ1) is 33.0. The number of benzene rings is 3. The van der Waals surface area contributed by atoms with E-state index in [0.29, 0.717) is 0 Å². The largest absolute Gasteiger partial charge is 0.512 e. The summed E-state index contributed by atoms with van der Waals surface area (Å²) >= 11 is 0. The van der Waals surface area contributed by atoms with E-state index in [4.69, 9.17) is 9.97 Å². The number of ketones is 1. The molecular weight excluding hydrogens is 699 g/mol. The molecule has 2 aromatic heterocycles. The summed E-state index contributed by atoms with van der Waals surface area (Å²) in [5.41, 5.74) is 5.21. The van der Waals surface area contributed by atoms with Gasteiger partial charge in [0.25, 0.3) is 0 Å². The van der Waals surface area contributed by atoms with Crippen LogP contribution in [0, 0.1) is 44.6 Å². The predicted octanol–water partition coefficient (Wildman–Crippen LogP) is 9.12. The van der Waals surface area contributed by atoms with Crippen LogP contribution >= 0.6 is 0 Å². The fraction of sp³-hybridized carbons (Fsp3) is 0.333. The second-order valence-electron chi connectivity index (χ2n) is 12.8. The molecule has 0 aliphatic heterocycles. The first-order chi connectivity index (χ1) is 19.1. The van der Waals surface area contributed by atoms with Gasteiger partial charge in [-0.15, -0.1) is 17.7 Å².